The summed E-state index contributed by atoms with van der Waals surface area (Å²) in [5, 5.41) is 4.15. The summed E-state index contributed by atoms with van der Waals surface area (Å²) < 4.78 is 30.8. The Hall–Kier alpha value is -2.65. The number of halogens is 3. The van der Waals surface area contributed by atoms with Gasteiger partial charge in [-0.05, 0) is 49.4 Å². The van der Waals surface area contributed by atoms with Crippen molar-refractivity contribution in [2.45, 2.75) is 12.2 Å². The zero-order valence-corrected chi connectivity index (χ0v) is 16.8. The van der Waals surface area contributed by atoms with Crippen LogP contribution in [0.5, 0.6) is 0 Å². The molecule has 10 heteroatoms. The van der Waals surface area contributed by atoms with E-state index in [0.29, 0.717) is 5.69 Å². The van der Waals surface area contributed by atoms with Crippen LogP contribution in [0.3, 0.4) is 0 Å². The molecule has 6 nitrogen and oxygen atoms in total. The summed E-state index contributed by atoms with van der Waals surface area (Å²) in [5.74, 6) is -2.73. The van der Waals surface area contributed by atoms with Crippen molar-refractivity contribution >= 4 is 52.5 Å². The molecule has 0 aliphatic carbocycles. The minimum Gasteiger partial charge on any atom is -0.455 e. The number of carbonyl (C=O) groups is 3. The molecule has 2 amide bonds. The van der Waals surface area contributed by atoms with Crippen LogP contribution in [0.2, 0.25) is 5.02 Å². The lowest BCUT2D eigenvalue weighted by Gasteiger charge is -2.12. The molecular formula is C19H17ClF2N2O4S. The standard InChI is InChI=1S/C19H17ClF2N2O4S/c1-11(29-10-18(26)23-13-4-2-12(21)3-5-13)19(27)28-9-17(25)24-14-6-7-16(22)15(20)8-14/h2-8,11H,9-10H2,1H3,(H,23,26)(H,24,25). The van der Waals surface area contributed by atoms with Crippen LogP contribution in [-0.4, -0.2) is 35.4 Å². The third-order valence-electron chi connectivity index (χ3n) is 3.47. The van der Waals surface area contributed by atoms with E-state index in [2.05, 4.69) is 10.6 Å². The Bertz CT molecular complexity index is 896. The van der Waals surface area contributed by atoms with Crippen molar-refractivity contribution in [1.29, 1.82) is 0 Å². The highest BCUT2D eigenvalue weighted by Gasteiger charge is 2.18. The van der Waals surface area contributed by atoms with Crippen LogP contribution in [0, 0.1) is 11.6 Å². The van der Waals surface area contributed by atoms with E-state index in [1.807, 2.05) is 0 Å². The summed E-state index contributed by atoms with van der Waals surface area (Å²) in [6.07, 6.45) is 0. The number of ether oxygens (including phenoxy) is 1. The Labute approximate surface area is 174 Å². The predicted octanol–water partition coefficient (Wildman–Crippen LogP) is 3.86. The van der Waals surface area contributed by atoms with Crippen molar-refractivity contribution in [2.75, 3.05) is 23.0 Å². The first-order valence-electron chi connectivity index (χ1n) is 8.33. The number of esters is 1. The topological polar surface area (TPSA) is 84.5 Å². The molecule has 0 fully saturated rings. The van der Waals surface area contributed by atoms with Gasteiger partial charge >= 0.3 is 5.97 Å². The van der Waals surface area contributed by atoms with Crippen molar-refractivity contribution in [3.8, 4) is 0 Å². The van der Waals surface area contributed by atoms with E-state index in [9.17, 15) is 23.2 Å². The molecule has 0 heterocycles. The molecule has 29 heavy (non-hydrogen) atoms. The highest BCUT2D eigenvalue weighted by Crippen LogP contribution is 2.19. The van der Waals surface area contributed by atoms with E-state index in [1.165, 1.54) is 43.3 Å². The molecule has 0 bridgehead atoms. The van der Waals surface area contributed by atoms with Gasteiger partial charge in [0.25, 0.3) is 5.91 Å². The number of carbonyl (C=O) groups excluding carboxylic acids is 3. The molecule has 154 valence electrons. The van der Waals surface area contributed by atoms with Gasteiger partial charge in [0.2, 0.25) is 5.91 Å². The molecule has 0 spiro atoms. The molecule has 0 aliphatic rings. The zero-order chi connectivity index (χ0) is 21.4. The number of nitrogens with one attached hydrogen (secondary N) is 2. The molecular weight excluding hydrogens is 426 g/mol. The average Bonchev–Trinajstić information content (AvgIpc) is 2.69. The fourth-order valence-electron chi connectivity index (χ4n) is 2.02. The van der Waals surface area contributed by atoms with Gasteiger partial charge in [-0.25, -0.2) is 8.78 Å². The first kappa shape index (κ1) is 22.6. The molecule has 0 radical (unpaired) electrons. The summed E-state index contributed by atoms with van der Waals surface area (Å²) in [4.78, 5) is 35.6. The van der Waals surface area contributed by atoms with Crippen molar-refractivity contribution < 1.29 is 27.9 Å². The van der Waals surface area contributed by atoms with Gasteiger partial charge in [-0.2, -0.15) is 0 Å². The monoisotopic (exact) mass is 442 g/mol. The molecule has 2 N–H and O–H groups in total. The Kier molecular flexibility index (Phi) is 8.41. The van der Waals surface area contributed by atoms with Gasteiger partial charge < -0.3 is 15.4 Å². The lowest BCUT2D eigenvalue weighted by atomic mass is 10.3. The van der Waals surface area contributed by atoms with E-state index >= 15 is 0 Å². The lowest BCUT2D eigenvalue weighted by molar-refractivity contribution is -0.146. The van der Waals surface area contributed by atoms with Gasteiger partial charge in [0.1, 0.15) is 16.9 Å². The van der Waals surface area contributed by atoms with Gasteiger partial charge in [0, 0.05) is 11.4 Å². The summed E-state index contributed by atoms with van der Waals surface area (Å²) in [6, 6.07) is 8.92. The molecule has 2 rings (SSSR count). The molecule has 0 aromatic heterocycles. The molecule has 1 unspecified atom stereocenters. The van der Waals surface area contributed by atoms with E-state index in [1.54, 1.807) is 0 Å². The number of benzene rings is 2. The largest absolute Gasteiger partial charge is 0.455 e. The molecule has 0 saturated carbocycles. The molecule has 0 saturated heterocycles. The third kappa shape index (κ3) is 7.71. The maximum atomic E-state index is 13.1. The van der Waals surface area contributed by atoms with E-state index < -0.39 is 35.4 Å². The molecule has 2 aromatic rings. The molecule has 2 aromatic carbocycles. The Morgan fingerprint density at radius 1 is 1.03 bits per heavy atom. The van der Waals surface area contributed by atoms with Gasteiger partial charge in [-0.15, -0.1) is 11.8 Å². The van der Waals surface area contributed by atoms with E-state index in [4.69, 9.17) is 16.3 Å². The van der Waals surface area contributed by atoms with Crippen LogP contribution in [-0.2, 0) is 19.1 Å². The van der Waals surface area contributed by atoms with Gasteiger partial charge in [0.05, 0.1) is 10.8 Å². The fraction of sp³-hybridized carbons (Fsp3) is 0.211. The summed E-state index contributed by atoms with van der Waals surface area (Å²) in [5.41, 5.74) is 0.696. The first-order chi connectivity index (χ1) is 13.7. The van der Waals surface area contributed by atoms with Crippen molar-refractivity contribution in [1.82, 2.24) is 0 Å². The Morgan fingerprint density at radius 2 is 1.66 bits per heavy atom. The van der Waals surface area contributed by atoms with E-state index in [-0.39, 0.29) is 22.4 Å². The second-order valence-electron chi connectivity index (χ2n) is 5.79. The Balaban J connectivity index is 1.71. The van der Waals surface area contributed by atoms with Crippen LogP contribution in [0.4, 0.5) is 20.2 Å². The number of thioether (sulfide) groups is 1. The second kappa shape index (κ2) is 10.8. The maximum absolute atomic E-state index is 13.1. The van der Waals surface area contributed by atoms with Gasteiger partial charge in [-0.3, -0.25) is 14.4 Å². The zero-order valence-electron chi connectivity index (χ0n) is 15.2. The average molecular weight is 443 g/mol. The summed E-state index contributed by atoms with van der Waals surface area (Å²) in [6.45, 7) is 0.996. The van der Waals surface area contributed by atoms with Gasteiger partial charge in [-0.1, -0.05) is 11.6 Å². The third-order valence-corrected chi connectivity index (χ3v) is 4.88. The van der Waals surface area contributed by atoms with Crippen molar-refractivity contribution in [3.63, 3.8) is 0 Å². The normalized spacial score (nSPS) is 11.4. The van der Waals surface area contributed by atoms with E-state index in [0.717, 1.165) is 17.8 Å². The quantitative estimate of drug-likeness (QED) is 0.606. The summed E-state index contributed by atoms with van der Waals surface area (Å²) in [7, 11) is 0. The number of rotatable bonds is 8. The lowest BCUT2D eigenvalue weighted by Crippen LogP contribution is -2.26. The maximum Gasteiger partial charge on any atom is 0.319 e. The number of anilines is 2. The summed E-state index contributed by atoms with van der Waals surface area (Å²) >= 11 is 6.64. The Morgan fingerprint density at radius 3 is 2.31 bits per heavy atom. The minimum absolute atomic E-state index is 0.0338. The number of amides is 2. The SMILES string of the molecule is CC(SCC(=O)Nc1ccc(F)cc1)C(=O)OCC(=O)Nc1ccc(F)c(Cl)c1. The van der Waals surface area contributed by atoms with Crippen molar-refractivity contribution in [2.24, 2.45) is 0 Å². The van der Waals surface area contributed by atoms with Crippen LogP contribution < -0.4 is 10.6 Å². The smallest absolute Gasteiger partial charge is 0.319 e. The predicted molar refractivity (Wildman–Crippen MR) is 108 cm³/mol. The first-order valence-corrected chi connectivity index (χ1v) is 9.76. The minimum atomic E-state index is -0.693. The van der Waals surface area contributed by atoms with Crippen molar-refractivity contribution in [3.05, 3.63) is 59.1 Å². The van der Waals surface area contributed by atoms with Gasteiger partial charge in [0.15, 0.2) is 6.61 Å². The van der Waals surface area contributed by atoms with Crippen LogP contribution >= 0.6 is 23.4 Å². The second-order valence-corrected chi connectivity index (χ2v) is 7.53. The molecule has 1 atom stereocenters. The number of hydrogen-bond acceptors (Lipinski definition) is 5. The fourth-order valence-corrected chi connectivity index (χ4v) is 2.88. The van der Waals surface area contributed by atoms with Crippen LogP contribution in [0.25, 0.3) is 0 Å². The van der Waals surface area contributed by atoms with Crippen LogP contribution in [0.1, 0.15) is 6.92 Å². The van der Waals surface area contributed by atoms with Crippen LogP contribution in [0.15, 0.2) is 42.5 Å². The molecule has 0 aliphatic heterocycles. The highest BCUT2D eigenvalue weighted by atomic mass is 35.5. The highest BCUT2D eigenvalue weighted by molar-refractivity contribution is 8.01. The number of hydrogen-bond donors (Lipinski definition) is 2.